The first-order valence-electron chi connectivity index (χ1n) is 12.9. The van der Waals surface area contributed by atoms with Crippen molar-refractivity contribution in [3.05, 3.63) is 0 Å². The molecule has 2 unspecified atom stereocenters. The van der Waals surface area contributed by atoms with Crippen LogP contribution in [0.5, 0.6) is 0 Å². The molecule has 0 aromatic carbocycles. The minimum absolute atomic E-state index is 0.735. The first kappa shape index (κ1) is 26.1. The Balaban J connectivity index is 1.76. The topological polar surface area (TPSA) is 30.5 Å². The largest absolute Gasteiger partial charge is 0.396 e. The highest BCUT2D eigenvalue weighted by molar-refractivity contribution is 6.44. The van der Waals surface area contributed by atoms with E-state index in [0.29, 0.717) is 0 Å². The quantitative estimate of drug-likeness (QED) is 0.187. The maximum atomic E-state index is 5.85. The summed E-state index contributed by atoms with van der Waals surface area (Å²) in [5.41, 5.74) is 3.18. The van der Waals surface area contributed by atoms with E-state index in [1.165, 1.54) is 116 Å². The molecule has 1 aliphatic heterocycles. The molecule has 0 saturated carbocycles. The zero-order valence-electron chi connectivity index (χ0n) is 19.3. The summed E-state index contributed by atoms with van der Waals surface area (Å²) in [5, 5.41) is 0. The molecule has 168 valence electrons. The van der Waals surface area contributed by atoms with Gasteiger partial charge in [0.05, 0.1) is 0 Å². The lowest BCUT2D eigenvalue weighted by Crippen LogP contribution is -2.36. The summed E-state index contributed by atoms with van der Waals surface area (Å²) in [5.74, 6) is 0.735. The molecule has 4 heteroatoms. The molecule has 2 atom stereocenters. The van der Waals surface area contributed by atoms with Gasteiger partial charge >= 0.3 is 9.28 Å². The third-order valence-corrected chi connectivity index (χ3v) is 7.92. The number of unbranched alkanes of at least 4 members (excludes halogenated alkanes) is 15. The molecule has 1 heterocycles. The van der Waals surface area contributed by atoms with Gasteiger partial charge < -0.3 is 8.95 Å². The second kappa shape index (κ2) is 20.4. The van der Waals surface area contributed by atoms with Gasteiger partial charge in [-0.25, -0.2) is 5.48 Å². The maximum Gasteiger partial charge on any atom is 0.341 e. The second-order valence-corrected chi connectivity index (χ2v) is 11.2. The van der Waals surface area contributed by atoms with E-state index in [1.807, 2.05) is 0 Å². The van der Waals surface area contributed by atoms with Crippen molar-refractivity contribution >= 4 is 9.28 Å². The van der Waals surface area contributed by atoms with Crippen molar-refractivity contribution in [1.82, 2.24) is 5.48 Å². The summed E-state index contributed by atoms with van der Waals surface area (Å²) in [6, 6.07) is 1.05. The van der Waals surface area contributed by atoms with E-state index in [9.17, 15) is 0 Å². The van der Waals surface area contributed by atoms with E-state index < -0.39 is 9.28 Å². The van der Waals surface area contributed by atoms with Gasteiger partial charge in [-0.05, 0) is 24.8 Å². The van der Waals surface area contributed by atoms with Crippen LogP contribution in [0.2, 0.25) is 6.04 Å². The Kier molecular flexibility index (Phi) is 19.0. The summed E-state index contributed by atoms with van der Waals surface area (Å²) < 4.78 is 11.5. The summed E-state index contributed by atoms with van der Waals surface area (Å²) in [4.78, 5) is 0. The zero-order chi connectivity index (χ0) is 20.1. The monoisotopic (exact) mass is 413 g/mol. The summed E-state index contributed by atoms with van der Waals surface area (Å²) in [6.45, 7) is 6.39. The molecule has 1 N–H and O–H groups in total. The van der Waals surface area contributed by atoms with Gasteiger partial charge in [0.2, 0.25) is 0 Å². The van der Waals surface area contributed by atoms with Crippen LogP contribution in [0.25, 0.3) is 0 Å². The molecule has 1 rings (SSSR count). The number of hydroxylamine groups is 1. The highest BCUT2D eigenvalue weighted by Gasteiger charge is 2.17. The highest BCUT2D eigenvalue weighted by Crippen LogP contribution is 2.18. The Labute approximate surface area is 178 Å². The lowest BCUT2D eigenvalue weighted by Gasteiger charge is -2.24. The number of rotatable bonds is 18. The molecular weight excluding hydrogens is 362 g/mol. The van der Waals surface area contributed by atoms with Gasteiger partial charge in [0.1, 0.15) is 0 Å². The van der Waals surface area contributed by atoms with E-state index >= 15 is 0 Å². The van der Waals surface area contributed by atoms with Crippen molar-refractivity contribution in [3.8, 4) is 0 Å². The Morgan fingerprint density at radius 3 is 1.71 bits per heavy atom. The van der Waals surface area contributed by atoms with Crippen LogP contribution in [0, 0.1) is 5.92 Å². The Morgan fingerprint density at radius 2 is 1.21 bits per heavy atom. The molecule has 1 fully saturated rings. The van der Waals surface area contributed by atoms with E-state index in [-0.39, 0.29) is 0 Å². The average Bonchev–Trinajstić information content (AvgIpc) is 2.69. The smallest absolute Gasteiger partial charge is 0.341 e. The normalized spacial score (nSPS) is 20.8. The van der Waals surface area contributed by atoms with Crippen LogP contribution in [0.3, 0.4) is 0 Å². The average molecular weight is 414 g/mol. The Bertz CT molecular complexity index is 307. The van der Waals surface area contributed by atoms with Gasteiger partial charge in [0, 0.05) is 13.2 Å². The molecule has 0 aromatic heterocycles. The summed E-state index contributed by atoms with van der Waals surface area (Å²) in [6.07, 6.45) is 25.6. The van der Waals surface area contributed by atoms with Crippen molar-refractivity contribution < 1.29 is 8.95 Å². The van der Waals surface area contributed by atoms with Gasteiger partial charge in [0.25, 0.3) is 0 Å². The summed E-state index contributed by atoms with van der Waals surface area (Å²) >= 11 is 0. The SMILES string of the molecule is CCCCCCCCCCCCCCCCCCC1CCO[SiH](CC)ONC1. The number of hydrogen-bond acceptors (Lipinski definition) is 3. The molecule has 0 bridgehead atoms. The fraction of sp³-hybridized carbons (Fsp3) is 1.00. The van der Waals surface area contributed by atoms with Crippen molar-refractivity contribution in [2.45, 2.75) is 135 Å². The Hall–Kier alpha value is 0.0969. The molecule has 3 nitrogen and oxygen atoms in total. The molecular formula is C24H51NO2Si. The highest BCUT2D eigenvalue weighted by atomic mass is 28.3. The minimum Gasteiger partial charge on any atom is -0.396 e. The molecule has 1 saturated heterocycles. The first-order chi connectivity index (χ1) is 13.9. The fourth-order valence-corrected chi connectivity index (χ4v) is 5.34. The van der Waals surface area contributed by atoms with E-state index in [2.05, 4.69) is 19.3 Å². The first-order valence-corrected chi connectivity index (χ1v) is 14.6. The second-order valence-electron chi connectivity index (χ2n) is 8.92. The molecule has 0 aromatic rings. The van der Waals surface area contributed by atoms with Crippen molar-refractivity contribution in [2.24, 2.45) is 5.92 Å². The van der Waals surface area contributed by atoms with Crippen molar-refractivity contribution in [3.63, 3.8) is 0 Å². The molecule has 28 heavy (non-hydrogen) atoms. The predicted molar refractivity (Wildman–Crippen MR) is 125 cm³/mol. The van der Waals surface area contributed by atoms with E-state index in [4.69, 9.17) is 8.95 Å². The third kappa shape index (κ3) is 16.0. The molecule has 1 aliphatic rings. The van der Waals surface area contributed by atoms with E-state index in [1.54, 1.807) is 0 Å². The van der Waals surface area contributed by atoms with Crippen LogP contribution in [-0.4, -0.2) is 22.4 Å². The molecule has 0 spiro atoms. The molecule has 0 aliphatic carbocycles. The van der Waals surface area contributed by atoms with Crippen LogP contribution in [0.15, 0.2) is 0 Å². The van der Waals surface area contributed by atoms with Gasteiger partial charge in [-0.2, -0.15) is 0 Å². The van der Waals surface area contributed by atoms with Crippen LogP contribution in [0.1, 0.15) is 129 Å². The fourth-order valence-electron chi connectivity index (χ4n) is 4.19. The molecule has 0 amide bonds. The standard InChI is InChI=1S/C24H51NO2Si/c1-3-5-6-7-8-9-10-11-12-13-14-15-16-17-18-19-20-24-21-22-26-28(4-2)27-25-23-24/h24-25,28H,3-23H2,1-2H3. The zero-order valence-corrected chi connectivity index (χ0v) is 20.5. The lowest BCUT2D eigenvalue weighted by atomic mass is 9.97. The van der Waals surface area contributed by atoms with Gasteiger partial charge in [-0.3, -0.25) is 0 Å². The van der Waals surface area contributed by atoms with E-state index in [0.717, 1.165) is 25.1 Å². The van der Waals surface area contributed by atoms with Crippen molar-refractivity contribution in [2.75, 3.05) is 13.2 Å². The Morgan fingerprint density at radius 1 is 0.714 bits per heavy atom. The number of hydrogen-bond donors (Lipinski definition) is 1. The minimum atomic E-state index is -1.38. The van der Waals surface area contributed by atoms with Gasteiger partial charge in [-0.15, -0.1) is 0 Å². The van der Waals surface area contributed by atoms with Crippen LogP contribution >= 0.6 is 0 Å². The lowest BCUT2D eigenvalue weighted by molar-refractivity contribution is 0.0846. The van der Waals surface area contributed by atoms with Crippen LogP contribution < -0.4 is 5.48 Å². The third-order valence-electron chi connectivity index (χ3n) is 6.22. The maximum absolute atomic E-state index is 5.85. The van der Waals surface area contributed by atoms with Crippen molar-refractivity contribution in [1.29, 1.82) is 0 Å². The van der Waals surface area contributed by atoms with Gasteiger partial charge in [0.15, 0.2) is 0 Å². The van der Waals surface area contributed by atoms with Gasteiger partial charge in [-0.1, -0.05) is 117 Å². The summed E-state index contributed by atoms with van der Waals surface area (Å²) in [7, 11) is -1.38. The number of nitrogens with one attached hydrogen (secondary N) is 1. The van der Waals surface area contributed by atoms with Crippen LogP contribution in [-0.2, 0) is 8.95 Å². The predicted octanol–water partition coefficient (Wildman–Crippen LogP) is 7.44. The molecule has 0 radical (unpaired) electrons. The van der Waals surface area contributed by atoms with Crippen LogP contribution in [0.4, 0.5) is 0 Å².